The molecule has 0 nitrogen and oxygen atoms in total. The Kier molecular flexibility index (Phi) is 7.41. The summed E-state index contributed by atoms with van der Waals surface area (Å²) in [6.07, 6.45) is 6.29. The van der Waals surface area contributed by atoms with Gasteiger partial charge in [0.05, 0.1) is 0 Å². The minimum absolute atomic E-state index is 0.0164. The lowest BCUT2D eigenvalue weighted by Gasteiger charge is -2.29. The van der Waals surface area contributed by atoms with Crippen LogP contribution in [0.4, 0.5) is 0 Å². The summed E-state index contributed by atoms with van der Waals surface area (Å²) in [5.41, 5.74) is 13.3. The summed E-state index contributed by atoms with van der Waals surface area (Å²) >= 11 is 0. The van der Waals surface area contributed by atoms with Gasteiger partial charge in [-0.15, -0.1) is 0 Å². The predicted molar refractivity (Wildman–Crippen MR) is 153 cm³/mol. The molecule has 0 saturated heterocycles. The third-order valence-electron chi connectivity index (χ3n) is 7.31. The lowest BCUT2D eigenvalue weighted by atomic mass is 9.76. The monoisotopic (exact) mass is 458 g/mol. The molecule has 0 saturated carbocycles. The molecule has 0 aliphatic heterocycles. The second kappa shape index (κ2) is 10.5. The summed E-state index contributed by atoms with van der Waals surface area (Å²) in [5, 5.41) is 0. The molecule has 0 bridgehead atoms. The van der Waals surface area contributed by atoms with E-state index < -0.39 is 0 Å². The maximum absolute atomic E-state index is 4.56. The van der Waals surface area contributed by atoms with Crippen LogP contribution in [0.25, 0.3) is 11.1 Å². The largest absolute Gasteiger partial charge is 0.0990 e. The summed E-state index contributed by atoms with van der Waals surface area (Å²) < 4.78 is 0. The van der Waals surface area contributed by atoms with E-state index in [1.165, 1.54) is 55.7 Å². The zero-order chi connectivity index (χ0) is 25.0. The fraction of sp³-hybridized carbons (Fsp3) is 0.257. The molecule has 178 valence electrons. The van der Waals surface area contributed by atoms with Gasteiger partial charge in [-0.2, -0.15) is 0 Å². The Morgan fingerprint density at radius 1 is 0.800 bits per heavy atom. The van der Waals surface area contributed by atoms with Gasteiger partial charge in [-0.1, -0.05) is 140 Å². The van der Waals surface area contributed by atoms with Crippen LogP contribution in [-0.2, 0) is 6.42 Å². The number of hydrogen-bond acceptors (Lipinski definition) is 0. The smallest absolute Gasteiger partial charge is 0.00546 e. The van der Waals surface area contributed by atoms with Crippen LogP contribution < -0.4 is 0 Å². The van der Waals surface area contributed by atoms with Crippen LogP contribution >= 0.6 is 0 Å². The molecule has 0 atom stereocenters. The van der Waals surface area contributed by atoms with E-state index in [-0.39, 0.29) is 5.41 Å². The normalized spacial score (nSPS) is 13.7. The molecule has 1 aliphatic carbocycles. The van der Waals surface area contributed by atoms with Gasteiger partial charge in [0.25, 0.3) is 0 Å². The number of aryl methyl sites for hydroxylation is 2. The van der Waals surface area contributed by atoms with E-state index in [2.05, 4.69) is 126 Å². The first-order valence-corrected chi connectivity index (χ1v) is 12.7. The Bertz CT molecular complexity index is 1260. The number of benzene rings is 3. The minimum atomic E-state index is -0.0164. The van der Waals surface area contributed by atoms with Crippen molar-refractivity contribution in [2.75, 3.05) is 0 Å². The first-order valence-electron chi connectivity index (χ1n) is 12.7. The fourth-order valence-corrected chi connectivity index (χ4v) is 4.92. The van der Waals surface area contributed by atoms with Crippen molar-refractivity contribution in [3.8, 4) is 0 Å². The van der Waals surface area contributed by atoms with Crippen molar-refractivity contribution >= 4 is 11.1 Å². The highest BCUT2D eigenvalue weighted by molar-refractivity contribution is 5.81. The van der Waals surface area contributed by atoms with Gasteiger partial charge in [0.1, 0.15) is 0 Å². The van der Waals surface area contributed by atoms with Crippen LogP contribution in [0.15, 0.2) is 115 Å². The summed E-state index contributed by atoms with van der Waals surface area (Å²) in [6.45, 7) is 17.9. The standard InChI is InChI=1S/C35H38/c1-25-12-16-29(17-13-25)21-33-22-30(23-34(33)32-18-14-26(2)15-19-32)20-28(4)35(5,6)24-27(3)31-10-8-7-9-11-31/h7-19,23H,3-4,20-22,24H2,1-2,5-6H3. The Labute approximate surface area is 212 Å². The van der Waals surface area contributed by atoms with Crippen LogP contribution in [0, 0.1) is 19.3 Å². The molecule has 0 amide bonds. The Morgan fingerprint density at radius 2 is 1.40 bits per heavy atom. The number of hydrogen-bond donors (Lipinski definition) is 0. The van der Waals surface area contributed by atoms with E-state index in [1.54, 1.807) is 0 Å². The van der Waals surface area contributed by atoms with E-state index in [9.17, 15) is 0 Å². The van der Waals surface area contributed by atoms with Crippen LogP contribution in [-0.4, -0.2) is 0 Å². The van der Waals surface area contributed by atoms with Gasteiger partial charge < -0.3 is 0 Å². The summed E-state index contributed by atoms with van der Waals surface area (Å²) in [5.74, 6) is 0. The third kappa shape index (κ3) is 6.20. The van der Waals surface area contributed by atoms with Crippen molar-refractivity contribution < 1.29 is 0 Å². The molecule has 0 radical (unpaired) electrons. The van der Waals surface area contributed by atoms with Crippen LogP contribution in [0.2, 0.25) is 0 Å². The van der Waals surface area contributed by atoms with Gasteiger partial charge in [-0.05, 0) is 72.8 Å². The molecule has 0 unspecified atom stereocenters. The summed E-state index contributed by atoms with van der Waals surface area (Å²) in [4.78, 5) is 0. The van der Waals surface area contributed by atoms with Crippen molar-refractivity contribution in [2.45, 2.75) is 53.4 Å². The second-order valence-corrected chi connectivity index (χ2v) is 10.8. The Balaban J connectivity index is 1.52. The van der Waals surface area contributed by atoms with Crippen molar-refractivity contribution in [2.24, 2.45) is 5.41 Å². The van der Waals surface area contributed by atoms with Crippen molar-refractivity contribution in [3.05, 3.63) is 143 Å². The van der Waals surface area contributed by atoms with Crippen molar-refractivity contribution in [1.29, 1.82) is 0 Å². The highest BCUT2D eigenvalue weighted by atomic mass is 14.3. The van der Waals surface area contributed by atoms with Gasteiger partial charge >= 0.3 is 0 Å². The van der Waals surface area contributed by atoms with E-state index >= 15 is 0 Å². The molecule has 0 aromatic heterocycles. The lowest BCUT2D eigenvalue weighted by molar-refractivity contribution is 0.451. The Morgan fingerprint density at radius 3 is 2.03 bits per heavy atom. The average Bonchev–Trinajstić information content (AvgIpc) is 3.23. The van der Waals surface area contributed by atoms with Gasteiger partial charge in [0.15, 0.2) is 0 Å². The molecule has 0 heterocycles. The van der Waals surface area contributed by atoms with E-state index in [0.717, 1.165) is 25.7 Å². The third-order valence-corrected chi connectivity index (χ3v) is 7.31. The molecule has 0 N–H and O–H groups in total. The zero-order valence-electron chi connectivity index (χ0n) is 21.8. The van der Waals surface area contributed by atoms with Crippen molar-refractivity contribution in [3.63, 3.8) is 0 Å². The highest BCUT2D eigenvalue weighted by Crippen LogP contribution is 2.42. The number of rotatable bonds is 9. The number of allylic oxidation sites excluding steroid dienone is 6. The van der Waals surface area contributed by atoms with Gasteiger partial charge in [0.2, 0.25) is 0 Å². The van der Waals surface area contributed by atoms with E-state index in [1.807, 2.05) is 0 Å². The topological polar surface area (TPSA) is 0 Å². The maximum atomic E-state index is 4.56. The van der Waals surface area contributed by atoms with Gasteiger partial charge in [-0.3, -0.25) is 0 Å². The lowest BCUT2D eigenvalue weighted by Crippen LogP contribution is -2.15. The van der Waals surface area contributed by atoms with Crippen molar-refractivity contribution in [1.82, 2.24) is 0 Å². The molecule has 1 aliphatic rings. The predicted octanol–water partition coefficient (Wildman–Crippen LogP) is 9.71. The molecular weight excluding hydrogens is 420 g/mol. The summed E-state index contributed by atoms with van der Waals surface area (Å²) in [6, 6.07) is 28.5. The first-order chi connectivity index (χ1) is 16.7. The quantitative estimate of drug-likeness (QED) is 0.280. The van der Waals surface area contributed by atoms with Gasteiger partial charge in [-0.25, -0.2) is 0 Å². The minimum Gasteiger partial charge on any atom is -0.0990 e. The molecule has 35 heavy (non-hydrogen) atoms. The second-order valence-electron chi connectivity index (χ2n) is 10.8. The molecule has 0 fully saturated rings. The molecule has 3 aromatic rings. The molecule has 0 heteroatoms. The van der Waals surface area contributed by atoms with Crippen LogP contribution in [0.1, 0.15) is 60.9 Å². The zero-order valence-corrected chi connectivity index (χ0v) is 21.8. The Hall–Kier alpha value is -3.38. The SMILES string of the molecule is C=C(CC(C)(C)C(=C)CC1=CC(c2ccc(C)cc2)=C(Cc2ccc(C)cc2)C1)c1ccccc1. The van der Waals surface area contributed by atoms with Crippen LogP contribution in [0.3, 0.4) is 0 Å². The van der Waals surface area contributed by atoms with Crippen LogP contribution in [0.5, 0.6) is 0 Å². The molecule has 3 aromatic carbocycles. The first kappa shape index (κ1) is 24.7. The molecule has 4 rings (SSSR count). The van der Waals surface area contributed by atoms with Gasteiger partial charge in [0, 0.05) is 0 Å². The fourth-order valence-electron chi connectivity index (χ4n) is 4.92. The molecular formula is C35H38. The molecule has 0 spiro atoms. The van der Waals surface area contributed by atoms with E-state index in [0.29, 0.717) is 0 Å². The highest BCUT2D eigenvalue weighted by Gasteiger charge is 2.26. The maximum Gasteiger partial charge on any atom is -0.00546 e. The average molecular weight is 459 g/mol. The van der Waals surface area contributed by atoms with E-state index in [4.69, 9.17) is 0 Å². The summed E-state index contributed by atoms with van der Waals surface area (Å²) in [7, 11) is 0.